The zero-order chi connectivity index (χ0) is 15.8. The van der Waals surface area contributed by atoms with Gasteiger partial charge in [-0.3, -0.25) is 0 Å². The molecule has 0 bridgehead atoms. The van der Waals surface area contributed by atoms with Crippen molar-refractivity contribution in [2.75, 3.05) is 0 Å². The van der Waals surface area contributed by atoms with E-state index in [0.717, 1.165) is 10.9 Å². The summed E-state index contributed by atoms with van der Waals surface area (Å²) in [5.41, 5.74) is 2.41. The Kier molecular flexibility index (Phi) is 4.47. The predicted molar refractivity (Wildman–Crippen MR) is 99.1 cm³/mol. The van der Waals surface area contributed by atoms with Crippen molar-refractivity contribution in [1.82, 2.24) is 0 Å². The van der Waals surface area contributed by atoms with Gasteiger partial charge < -0.3 is 0 Å². The van der Waals surface area contributed by atoms with Crippen molar-refractivity contribution >= 4 is 11.6 Å². The van der Waals surface area contributed by atoms with Crippen molar-refractivity contribution in [2.45, 2.75) is 88.9 Å². The third-order valence-electron chi connectivity index (χ3n) is 7.30. The number of rotatable bonds is 4. The van der Waals surface area contributed by atoms with E-state index in [0.29, 0.717) is 10.8 Å². The first-order valence-electron chi connectivity index (χ1n) is 10.0. The molecule has 3 fully saturated rings. The smallest absolute Gasteiger partial charge is 0.0443 e. The van der Waals surface area contributed by atoms with Crippen molar-refractivity contribution in [3.8, 4) is 0 Å². The second kappa shape index (κ2) is 6.43. The molecule has 0 aliphatic heterocycles. The van der Waals surface area contributed by atoms with Gasteiger partial charge in [0.15, 0.2) is 0 Å². The molecule has 4 rings (SSSR count). The van der Waals surface area contributed by atoms with Gasteiger partial charge in [0, 0.05) is 10.4 Å². The molecule has 0 aromatic heterocycles. The van der Waals surface area contributed by atoms with Gasteiger partial charge in [0.25, 0.3) is 0 Å². The maximum Gasteiger partial charge on any atom is 0.0443 e. The van der Waals surface area contributed by atoms with Crippen LogP contribution in [-0.2, 0) is 5.41 Å². The van der Waals surface area contributed by atoms with E-state index in [-0.39, 0.29) is 0 Å². The molecule has 3 aliphatic rings. The molecule has 126 valence electrons. The average Bonchev–Trinajstić information content (AvgIpc) is 3.40. The van der Waals surface area contributed by atoms with Crippen LogP contribution in [0.25, 0.3) is 0 Å². The summed E-state index contributed by atoms with van der Waals surface area (Å²) in [7, 11) is 0. The second-order valence-corrected chi connectivity index (χ2v) is 9.02. The highest BCUT2D eigenvalue weighted by atomic mass is 35.5. The van der Waals surface area contributed by atoms with Gasteiger partial charge in [-0.25, -0.2) is 0 Å². The zero-order valence-corrected chi connectivity index (χ0v) is 15.2. The van der Waals surface area contributed by atoms with Gasteiger partial charge in [0.1, 0.15) is 0 Å². The normalized spacial score (nSPS) is 26.8. The number of benzene rings is 1. The van der Waals surface area contributed by atoms with Crippen LogP contribution in [0.3, 0.4) is 0 Å². The molecule has 0 saturated heterocycles. The highest BCUT2D eigenvalue weighted by Gasteiger charge is 2.54. The lowest BCUT2D eigenvalue weighted by atomic mass is 9.48. The average molecular weight is 331 g/mol. The highest BCUT2D eigenvalue weighted by Crippen LogP contribution is 2.63. The Labute approximate surface area is 147 Å². The fourth-order valence-electron chi connectivity index (χ4n) is 6.07. The fourth-order valence-corrected chi connectivity index (χ4v) is 6.39. The van der Waals surface area contributed by atoms with Crippen LogP contribution in [0, 0.1) is 11.3 Å². The molecule has 0 radical (unpaired) electrons. The molecule has 0 unspecified atom stereocenters. The van der Waals surface area contributed by atoms with E-state index < -0.39 is 0 Å². The Morgan fingerprint density at radius 1 is 0.826 bits per heavy atom. The number of hydrogen-bond donors (Lipinski definition) is 0. The van der Waals surface area contributed by atoms with Crippen molar-refractivity contribution < 1.29 is 0 Å². The lowest BCUT2D eigenvalue weighted by Gasteiger charge is -2.56. The van der Waals surface area contributed by atoms with Crippen LogP contribution in [0.5, 0.6) is 0 Å². The largest absolute Gasteiger partial charge is 0.0840 e. The lowest BCUT2D eigenvalue weighted by Crippen LogP contribution is -2.49. The minimum atomic E-state index is 0.368. The van der Waals surface area contributed by atoms with E-state index in [1.54, 1.807) is 0 Å². The molecule has 0 amide bonds. The SMILES string of the molecule is Clc1ccccc1C1(C2(CC3CC3)CCCCC2)CCCCC1. The Bertz CT molecular complexity index is 531. The van der Waals surface area contributed by atoms with Crippen LogP contribution in [0.1, 0.15) is 89.0 Å². The van der Waals surface area contributed by atoms with Crippen LogP contribution >= 0.6 is 11.6 Å². The van der Waals surface area contributed by atoms with E-state index in [1.807, 2.05) is 0 Å². The van der Waals surface area contributed by atoms with Crippen molar-refractivity contribution in [2.24, 2.45) is 11.3 Å². The maximum absolute atomic E-state index is 6.78. The summed E-state index contributed by atoms with van der Waals surface area (Å²) in [6.45, 7) is 0. The van der Waals surface area contributed by atoms with Gasteiger partial charge in [0.05, 0.1) is 0 Å². The fraction of sp³-hybridized carbons (Fsp3) is 0.727. The van der Waals surface area contributed by atoms with E-state index in [4.69, 9.17) is 11.6 Å². The zero-order valence-electron chi connectivity index (χ0n) is 14.5. The molecule has 0 atom stereocenters. The van der Waals surface area contributed by atoms with Crippen molar-refractivity contribution in [1.29, 1.82) is 0 Å². The molecule has 1 aromatic carbocycles. The predicted octanol–water partition coefficient (Wildman–Crippen LogP) is 7.29. The van der Waals surface area contributed by atoms with Gasteiger partial charge in [-0.05, 0) is 55.1 Å². The molecule has 1 heteroatoms. The lowest BCUT2D eigenvalue weighted by molar-refractivity contribution is 0.0166. The molecule has 3 aliphatic carbocycles. The molecular formula is C22H31Cl. The molecule has 1 aromatic rings. The van der Waals surface area contributed by atoms with E-state index in [2.05, 4.69) is 24.3 Å². The number of halogens is 1. The van der Waals surface area contributed by atoms with Crippen LogP contribution in [0.2, 0.25) is 5.02 Å². The topological polar surface area (TPSA) is 0 Å². The number of hydrogen-bond acceptors (Lipinski definition) is 0. The summed E-state index contributed by atoms with van der Waals surface area (Å²) in [6, 6.07) is 8.85. The van der Waals surface area contributed by atoms with E-state index in [9.17, 15) is 0 Å². The van der Waals surface area contributed by atoms with Gasteiger partial charge >= 0.3 is 0 Å². The highest BCUT2D eigenvalue weighted by molar-refractivity contribution is 6.31. The standard InChI is InChI=1S/C22H31Cl/c23-20-10-4-3-9-19(20)22(15-7-2-8-16-22)21(17-18-11-12-18)13-5-1-6-14-21/h3-4,9-10,18H,1-2,5-8,11-17H2. The van der Waals surface area contributed by atoms with Crippen LogP contribution in [0.15, 0.2) is 24.3 Å². The molecule has 3 saturated carbocycles. The molecular weight excluding hydrogens is 300 g/mol. The van der Waals surface area contributed by atoms with E-state index in [1.165, 1.54) is 89.0 Å². The van der Waals surface area contributed by atoms with Gasteiger partial charge in [-0.1, -0.05) is 81.2 Å². The third kappa shape index (κ3) is 2.86. The molecule has 0 N–H and O–H groups in total. The summed E-state index contributed by atoms with van der Waals surface area (Å²) < 4.78 is 0. The van der Waals surface area contributed by atoms with Gasteiger partial charge in [-0.15, -0.1) is 0 Å². The quantitative estimate of drug-likeness (QED) is 0.543. The second-order valence-electron chi connectivity index (χ2n) is 8.61. The Hall–Kier alpha value is -0.490. The molecule has 0 nitrogen and oxygen atoms in total. The minimum Gasteiger partial charge on any atom is -0.0840 e. The summed E-state index contributed by atoms with van der Waals surface area (Å²) in [5, 5.41) is 1.04. The van der Waals surface area contributed by atoms with Gasteiger partial charge in [-0.2, -0.15) is 0 Å². The first kappa shape index (κ1) is 16.0. The first-order valence-corrected chi connectivity index (χ1v) is 10.4. The minimum absolute atomic E-state index is 0.368. The summed E-state index contributed by atoms with van der Waals surface area (Å²) in [6.07, 6.45) is 18.7. The Morgan fingerprint density at radius 3 is 2.04 bits per heavy atom. The monoisotopic (exact) mass is 330 g/mol. The maximum atomic E-state index is 6.78. The third-order valence-corrected chi connectivity index (χ3v) is 7.63. The van der Waals surface area contributed by atoms with Crippen molar-refractivity contribution in [3.63, 3.8) is 0 Å². The Balaban J connectivity index is 1.80. The first-order chi connectivity index (χ1) is 11.3. The molecule has 23 heavy (non-hydrogen) atoms. The van der Waals surface area contributed by atoms with Crippen LogP contribution in [-0.4, -0.2) is 0 Å². The molecule has 0 spiro atoms. The van der Waals surface area contributed by atoms with Crippen LogP contribution in [0.4, 0.5) is 0 Å². The van der Waals surface area contributed by atoms with E-state index >= 15 is 0 Å². The Morgan fingerprint density at radius 2 is 1.43 bits per heavy atom. The summed E-state index contributed by atoms with van der Waals surface area (Å²) >= 11 is 6.78. The summed E-state index contributed by atoms with van der Waals surface area (Å²) in [5.74, 6) is 1.02. The van der Waals surface area contributed by atoms with Crippen LogP contribution < -0.4 is 0 Å². The van der Waals surface area contributed by atoms with Crippen molar-refractivity contribution in [3.05, 3.63) is 34.9 Å². The summed E-state index contributed by atoms with van der Waals surface area (Å²) in [4.78, 5) is 0. The molecule has 0 heterocycles. The van der Waals surface area contributed by atoms with Gasteiger partial charge in [0.2, 0.25) is 0 Å².